The predicted molar refractivity (Wildman–Crippen MR) is 110 cm³/mol. The smallest absolute Gasteiger partial charge is 0.0965 e. The van der Waals surface area contributed by atoms with Gasteiger partial charge >= 0.3 is 0 Å². The zero-order valence-corrected chi connectivity index (χ0v) is 16.2. The quantitative estimate of drug-likeness (QED) is 0.284. The molecule has 1 aromatic rings. The van der Waals surface area contributed by atoms with Crippen LogP contribution in [0.15, 0.2) is 40.3 Å². The second-order valence-corrected chi connectivity index (χ2v) is 7.45. The minimum atomic E-state index is 0.482. The fraction of sp³-hybridized carbons (Fsp3) is 0.609. The summed E-state index contributed by atoms with van der Waals surface area (Å²) in [5.74, 6) is 1.06. The molecule has 0 saturated heterocycles. The summed E-state index contributed by atoms with van der Waals surface area (Å²) in [5, 5.41) is 0. The average Bonchev–Trinajstić information content (AvgIpc) is 3.15. The molecule has 2 heteroatoms. The Kier molecular flexibility index (Phi) is 9.40. The van der Waals surface area contributed by atoms with Gasteiger partial charge in [-0.2, -0.15) is 0 Å². The molecule has 0 amide bonds. The number of aliphatic imine (C=N–C) groups is 2. The molecule has 0 radical (unpaired) electrons. The number of unbranched alkanes of at least 4 members (excludes halogenated alkanes) is 7. The third-order valence-electron chi connectivity index (χ3n) is 5.27. The first kappa shape index (κ1) is 19.8. The van der Waals surface area contributed by atoms with E-state index in [1.165, 1.54) is 63.4 Å². The Bertz CT molecular complexity index is 494. The van der Waals surface area contributed by atoms with Crippen molar-refractivity contribution in [3.63, 3.8) is 0 Å². The summed E-state index contributed by atoms with van der Waals surface area (Å²) in [6.07, 6.45) is 18.0. The molecule has 0 fully saturated rings. The summed E-state index contributed by atoms with van der Waals surface area (Å²) >= 11 is 0. The van der Waals surface area contributed by atoms with Crippen LogP contribution in [0, 0.1) is 18.0 Å². The molecule has 0 aliphatic carbocycles. The largest absolute Gasteiger partial charge is 0.244 e. The maximum Gasteiger partial charge on any atom is 0.244 e. The summed E-state index contributed by atoms with van der Waals surface area (Å²) < 4.78 is 0. The van der Waals surface area contributed by atoms with Crippen molar-refractivity contribution in [1.82, 2.24) is 0 Å². The number of hydrogen-bond acceptors (Lipinski definition) is 2. The molecular weight excluding hydrogens is 304 g/mol. The molecule has 2 atom stereocenters. The second kappa shape index (κ2) is 11.9. The molecule has 0 saturated carbocycles. The monoisotopic (exact) mass is 339 g/mol. The van der Waals surface area contributed by atoms with Crippen molar-refractivity contribution < 1.29 is 0 Å². The van der Waals surface area contributed by atoms with Crippen LogP contribution in [0.2, 0.25) is 0 Å². The molecule has 0 N–H and O–H groups in total. The van der Waals surface area contributed by atoms with E-state index in [4.69, 9.17) is 0 Å². The highest BCUT2D eigenvalue weighted by Gasteiger charge is 2.33. The van der Waals surface area contributed by atoms with E-state index in [0.717, 1.165) is 12.6 Å². The standard InChI is InChI=1S/C23H35N2/c1-3-4-5-6-7-8-9-13-16-22(23-24-17-18-25-23)20(2)19-21-14-11-10-12-15-21/h10-12,14-15,17-18,20,22H,3-9,13,16,19H2,1-2H3/q+1. The van der Waals surface area contributed by atoms with E-state index in [1.54, 1.807) is 0 Å². The van der Waals surface area contributed by atoms with Gasteiger partial charge in [-0.3, -0.25) is 0 Å². The van der Waals surface area contributed by atoms with Crippen molar-refractivity contribution in [1.29, 1.82) is 0 Å². The lowest BCUT2D eigenvalue weighted by atomic mass is 9.83. The first-order valence-corrected chi connectivity index (χ1v) is 10.3. The molecule has 25 heavy (non-hydrogen) atoms. The summed E-state index contributed by atoms with van der Waals surface area (Å²) in [6.45, 7) is 4.64. The van der Waals surface area contributed by atoms with Crippen molar-refractivity contribution in [3.05, 3.63) is 42.1 Å². The molecule has 2 unspecified atom stereocenters. The van der Waals surface area contributed by atoms with Crippen molar-refractivity contribution in [2.45, 2.75) is 78.1 Å². The lowest BCUT2D eigenvalue weighted by Gasteiger charge is -2.22. The fourth-order valence-corrected chi connectivity index (χ4v) is 3.74. The third kappa shape index (κ3) is 7.46. The fourth-order valence-electron chi connectivity index (χ4n) is 3.74. The van der Waals surface area contributed by atoms with Gasteiger partial charge in [0.05, 0.1) is 5.92 Å². The van der Waals surface area contributed by atoms with Crippen LogP contribution in [0.1, 0.15) is 77.2 Å². The summed E-state index contributed by atoms with van der Waals surface area (Å²) in [6, 6.07) is 10.8. The Hall–Kier alpha value is -1.57. The predicted octanol–water partition coefficient (Wildman–Crippen LogP) is 6.66. The van der Waals surface area contributed by atoms with Crippen molar-refractivity contribution in [2.75, 3.05) is 0 Å². The van der Waals surface area contributed by atoms with Crippen LogP contribution in [0.5, 0.6) is 0 Å². The van der Waals surface area contributed by atoms with Crippen LogP contribution in [0.25, 0.3) is 0 Å². The summed E-state index contributed by atoms with van der Waals surface area (Å²) in [4.78, 5) is 9.03. The van der Waals surface area contributed by atoms with Crippen LogP contribution in [-0.2, 0) is 6.42 Å². The molecule has 1 heterocycles. The van der Waals surface area contributed by atoms with Gasteiger partial charge in [0.2, 0.25) is 6.17 Å². The Morgan fingerprint density at radius 2 is 1.44 bits per heavy atom. The average molecular weight is 340 g/mol. The van der Waals surface area contributed by atoms with Gasteiger partial charge in [0, 0.05) is 0 Å². The van der Waals surface area contributed by atoms with E-state index in [2.05, 4.69) is 54.2 Å². The lowest BCUT2D eigenvalue weighted by Crippen LogP contribution is -2.19. The number of rotatable bonds is 13. The molecular formula is C23H35N2+. The van der Waals surface area contributed by atoms with Gasteiger partial charge in [0.1, 0.15) is 0 Å². The molecule has 0 spiro atoms. The topological polar surface area (TPSA) is 24.7 Å². The van der Waals surface area contributed by atoms with Crippen LogP contribution in [0.3, 0.4) is 0 Å². The Morgan fingerprint density at radius 3 is 2.08 bits per heavy atom. The molecule has 0 bridgehead atoms. The third-order valence-corrected chi connectivity index (χ3v) is 5.27. The zero-order chi connectivity index (χ0) is 17.7. The zero-order valence-electron chi connectivity index (χ0n) is 16.2. The highest BCUT2D eigenvalue weighted by molar-refractivity contribution is 6.18. The van der Waals surface area contributed by atoms with Crippen LogP contribution in [0.4, 0.5) is 0 Å². The van der Waals surface area contributed by atoms with Crippen molar-refractivity contribution in [3.8, 4) is 0 Å². The van der Waals surface area contributed by atoms with Crippen molar-refractivity contribution in [2.24, 2.45) is 21.8 Å². The second-order valence-electron chi connectivity index (χ2n) is 7.45. The summed E-state index contributed by atoms with van der Waals surface area (Å²) in [5.41, 5.74) is 1.42. The Labute approximate surface area is 154 Å². The number of benzene rings is 1. The summed E-state index contributed by atoms with van der Waals surface area (Å²) in [7, 11) is 0. The van der Waals surface area contributed by atoms with Gasteiger partial charge in [-0.25, -0.2) is 0 Å². The highest BCUT2D eigenvalue weighted by atomic mass is 15.0. The van der Waals surface area contributed by atoms with Crippen molar-refractivity contribution >= 4 is 12.4 Å². The van der Waals surface area contributed by atoms with Crippen LogP contribution < -0.4 is 0 Å². The normalized spacial score (nSPS) is 15.7. The lowest BCUT2D eigenvalue weighted by molar-refractivity contribution is 0.330. The molecule has 0 aromatic heterocycles. The van der Waals surface area contributed by atoms with Gasteiger partial charge in [-0.1, -0.05) is 106 Å². The molecule has 2 nitrogen and oxygen atoms in total. The van der Waals surface area contributed by atoms with E-state index in [-0.39, 0.29) is 0 Å². The van der Waals surface area contributed by atoms with E-state index in [0.29, 0.717) is 11.8 Å². The SMILES string of the molecule is CCCCCCCCCCC([C+]1N=CC=N1)C(C)Cc1ccccc1. The molecule has 1 aromatic carbocycles. The number of nitrogens with zero attached hydrogens (tertiary/aromatic N) is 2. The van der Waals surface area contributed by atoms with E-state index in [9.17, 15) is 0 Å². The Morgan fingerprint density at radius 1 is 0.840 bits per heavy atom. The van der Waals surface area contributed by atoms with E-state index in [1.807, 2.05) is 12.4 Å². The number of hydrogen-bond donors (Lipinski definition) is 0. The molecule has 136 valence electrons. The van der Waals surface area contributed by atoms with E-state index >= 15 is 0 Å². The van der Waals surface area contributed by atoms with Crippen LogP contribution >= 0.6 is 0 Å². The molecule has 2 rings (SSSR count). The molecule has 1 aliphatic heterocycles. The van der Waals surface area contributed by atoms with Gasteiger partial charge in [0.15, 0.2) is 12.4 Å². The van der Waals surface area contributed by atoms with Gasteiger partial charge in [-0.15, -0.1) is 0 Å². The highest BCUT2D eigenvalue weighted by Crippen LogP contribution is 2.33. The van der Waals surface area contributed by atoms with Gasteiger partial charge in [-0.05, 0) is 24.3 Å². The van der Waals surface area contributed by atoms with Gasteiger partial charge in [0.25, 0.3) is 0 Å². The minimum absolute atomic E-state index is 0.482. The van der Waals surface area contributed by atoms with Crippen LogP contribution in [-0.4, -0.2) is 12.4 Å². The van der Waals surface area contributed by atoms with Gasteiger partial charge < -0.3 is 0 Å². The first-order valence-electron chi connectivity index (χ1n) is 10.3. The first-order chi connectivity index (χ1) is 12.3. The maximum absolute atomic E-state index is 4.52. The Balaban J connectivity index is 1.74. The maximum atomic E-state index is 4.52. The van der Waals surface area contributed by atoms with E-state index < -0.39 is 0 Å². The molecule has 1 aliphatic rings. The minimum Gasteiger partial charge on any atom is -0.0965 e.